The average Bonchev–Trinajstić information content (AvgIpc) is 2.84. The van der Waals surface area contributed by atoms with Crippen molar-refractivity contribution in [2.75, 3.05) is 17.2 Å². The minimum Gasteiger partial charge on any atom is -0.383 e. The van der Waals surface area contributed by atoms with E-state index in [0.717, 1.165) is 43.4 Å². The molecule has 0 atom stereocenters. The van der Waals surface area contributed by atoms with Crippen molar-refractivity contribution in [2.24, 2.45) is 0 Å². The van der Waals surface area contributed by atoms with Crippen LogP contribution in [-0.4, -0.2) is 22.0 Å². The molecule has 1 aliphatic carbocycles. The standard InChI is InChI=1S/C26H26ClFN4O3/c27-21-15-19(28)11-12-20(21)25(34)31(14-13-17-7-3-1-4-8-17)22-23(29)32(26(35)30-24(22)33)16-18-9-5-2-6-10-18/h2,5-7,9-12,15H,1,3-4,8,13-14,16,29H2,(H,30,33,35). The fraction of sp³-hybridized carbons (Fsp3) is 0.269. The molecule has 0 radical (unpaired) electrons. The molecule has 1 heterocycles. The number of benzene rings is 2. The number of halogens is 2. The van der Waals surface area contributed by atoms with Gasteiger partial charge in [-0.1, -0.05) is 53.6 Å². The molecule has 1 aliphatic rings. The van der Waals surface area contributed by atoms with Gasteiger partial charge in [-0.2, -0.15) is 0 Å². The number of anilines is 2. The number of aromatic nitrogens is 2. The quantitative estimate of drug-likeness (QED) is 0.470. The van der Waals surface area contributed by atoms with Gasteiger partial charge in [0.25, 0.3) is 11.5 Å². The lowest BCUT2D eigenvalue weighted by molar-refractivity contribution is 0.0987. The molecule has 0 saturated heterocycles. The smallest absolute Gasteiger partial charge is 0.330 e. The van der Waals surface area contributed by atoms with Gasteiger partial charge >= 0.3 is 5.69 Å². The maximum atomic E-state index is 13.6. The average molecular weight is 497 g/mol. The van der Waals surface area contributed by atoms with Crippen LogP contribution in [-0.2, 0) is 6.54 Å². The van der Waals surface area contributed by atoms with Crippen molar-refractivity contribution in [3.05, 3.63) is 103 Å². The van der Waals surface area contributed by atoms with Gasteiger partial charge < -0.3 is 10.6 Å². The van der Waals surface area contributed by atoms with Crippen molar-refractivity contribution in [2.45, 2.75) is 38.6 Å². The predicted molar refractivity (Wildman–Crippen MR) is 136 cm³/mol. The summed E-state index contributed by atoms with van der Waals surface area (Å²) in [4.78, 5) is 42.8. The van der Waals surface area contributed by atoms with Gasteiger partial charge in [-0.25, -0.2) is 9.18 Å². The number of nitrogen functional groups attached to an aromatic ring is 1. The molecule has 1 aromatic heterocycles. The van der Waals surface area contributed by atoms with E-state index in [0.29, 0.717) is 6.42 Å². The summed E-state index contributed by atoms with van der Waals surface area (Å²) < 4.78 is 14.8. The molecule has 1 amide bonds. The van der Waals surface area contributed by atoms with E-state index in [2.05, 4.69) is 11.1 Å². The normalized spacial score (nSPS) is 13.4. The van der Waals surface area contributed by atoms with Gasteiger partial charge in [0.05, 0.1) is 17.1 Å². The fourth-order valence-electron chi connectivity index (χ4n) is 4.27. The first-order valence-corrected chi connectivity index (χ1v) is 11.8. The monoisotopic (exact) mass is 496 g/mol. The van der Waals surface area contributed by atoms with E-state index < -0.39 is 23.0 Å². The number of hydrogen-bond donors (Lipinski definition) is 2. The van der Waals surface area contributed by atoms with Crippen molar-refractivity contribution < 1.29 is 9.18 Å². The van der Waals surface area contributed by atoms with Gasteiger partial charge in [-0.05, 0) is 55.9 Å². The van der Waals surface area contributed by atoms with Crippen LogP contribution in [0, 0.1) is 5.82 Å². The number of nitrogens with one attached hydrogen (secondary N) is 1. The van der Waals surface area contributed by atoms with Gasteiger partial charge in [-0.3, -0.25) is 19.1 Å². The van der Waals surface area contributed by atoms with Crippen LogP contribution in [0.25, 0.3) is 0 Å². The molecule has 0 aliphatic heterocycles. The molecule has 4 rings (SSSR count). The molecular weight excluding hydrogens is 471 g/mol. The molecule has 3 N–H and O–H groups in total. The number of aromatic amines is 1. The highest BCUT2D eigenvalue weighted by Gasteiger charge is 2.27. The number of allylic oxidation sites excluding steroid dienone is 1. The molecule has 2 aromatic carbocycles. The van der Waals surface area contributed by atoms with E-state index in [-0.39, 0.29) is 35.2 Å². The molecule has 0 bridgehead atoms. The third-order valence-electron chi connectivity index (χ3n) is 6.12. The number of carbonyl (C=O) groups is 1. The summed E-state index contributed by atoms with van der Waals surface area (Å²) in [5.74, 6) is -1.32. The van der Waals surface area contributed by atoms with Gasteiger partial charge in [0.2, 0.25) is 0 Å². The molecular formula is C26H26ClFN4O3. The third-order valence-corrected chi connectivity index (χ3v) is 6.43. The largest absolute Gasteiger partial charge is 0.383 e. The zero-order chi connectivity index (χ0) is 24.9. The molecule has 0 spiro atoms. The highest BCUT2D eigenvalue weighted by molar-refractivity contribution is 6.34. The third kappa shape index (κ3) is 5.54. The summed E-state index contributed by atoms with van der Waals surface area (Å²) in [5, 5.41) is -0.0792. The number of amides is 1. The van der Waals surface area contributed by atoms with Crippen LogP contribution >= 0.6 is 11.6 Å². The number of hydrogen-bond acceptors (Lipinski definition) is 4. The SMILES string of the molecule is Nc1c(N(CCC2=CCCCC2)C(=O)c2ccc(F)cc2Cl)c(=O)[nH]c(=O)n1Cc1ccccc1. The van der Waals surface area contributed by atoms with Crippen LogP contribution in [0.5, 0.6) is 0 Å². The first-order chi connectivity index (χ1) is 16.8. The number of rotatable bonds is 7. The summed E-state index contributed by atoms with van der Waals surface area (Å²) in [6, 6.07) is 12.6. The van der Waals surface area contributed by atoms with E-state index >= 15 is 0 Å². The Labute approximate surface area is 206 Å². The Hall–Kier alpha value is -3.65. The van der Waals surface area contributed by atoms with Crippen LogP contribution < -0.4 is 21.9 Å². The van der Waals surface area contributed by atoms with Gasteiger partial charge in [-0.15, -0.1) is 0 Å². The van der Waals surface area contributed by atoms with E-state index in [1.54, 1.807) is 0 Å². The molecule has 9 heteroatoms. The van der Waals surface area contributed by atoms with Crippen LogP contribution in [0.4, 0.5) is 15.9 Å². The van der Waals surface area contributed by atoms with Crippen molar-refractivity contribution in [1.29, 1.82) is 0 Å². The molecule has 35 heavy (non-hydrogen) atoms. The Morgan fingerprint density at radius 3 is 2.60 bits per heavy atom. The summed E-state index contributed by atoms with van der Waals surface area (Å²) in [6.45, 7) is 0.259. The Morgan fingerprint density at radius 2 is 1.91 bits per heavy atom. The molecule has 0 saturated carbocycles. The lowest BCUT2D eigenvalue weighted by Crippen LogP contribution is -2.42. The minimum absolute atomic E-state index is 0.0327. The van der Waals surface area contributed by atoms with Crippen LogP contribution in [0.3, 0.4) is 0 Å². The highest BCUT2D eigenvalue weighted by Crippen LogP contribution is 2.27. The zero-order valence-electron chi connectivity index (χ0n) is 19.1. The summed E-state index contributed by atoms with van der Waals surface area (Å²) in [5.41, 5.74) is 6.79. The molecule has 0 unspecified atom stereocenters. The van der Waals surface area contributed by atoms with E-state index in [1.165, 1.54) is 21.1 Å². The summed E-state index contributed by atoms with van der Waals surface area (Å²) >= 11 is 6.18. The first-order valence-electron chi connectivity index (χ1n) is 11.5. The Kier molecular flexibility index (Phi) is 7.51. The Bertz CT molecular complexity index is 1380. The van der Waals surface area contributed by atoms with Crippen molar-refractivity contribution in [3.8, 4) is 0 Å². The van der Waals surface area contributed by atoms with Crippen molar-refractivity contribution >= 4 is 29.0 Å². The predicted octanol–water partition coefficient (Wildman–Crippen LogP) is 4.50. The lowest BCUT2D eigenvalue weighted by atomic mass is 9.97. The highest BCUT2D eigenvalue weighted by atomic mass is 35.5. The second-order valence-corrected chi connectivity index (χ2v) is 8.91. The van der Waals surface area contributed by atoms with Gasteiger partial charge in [0.1, 0.15) is 11.6 Å². The number of nitrogens with zero attached hydrogens (tertiary/aromatic N) is 2. The van der Waals surface area contributed by atoms with E-state index in [9.17, 15) is 18.8 Å². The maximum Gasteiger partial charge on any atom is 0.330 e. The molecule has 3 aromatic rings. The number of carbonyl (C=O) groups excluding carboxylic acids is 1. The first kappa shape index (κ1) is 24.5. The van der Waals surface area contributed by atoms with Crippen molar-refractivity contribution in [1.82, 2.24) is 9.55 Å². The zero-order valence-corrected chi connectivity index (χ0v) is 19.9. The van der Waals surface area contributed by atoms with E-state index in [1.807, 2.05) is 30.3 Å². The maximum absolute atomic E-state index is 13.6. The van der Waals surface area contributed by atoms with Crippen LogP contribution in [0.1, 0.15) is 48.0 Å². The molecule has 7 nitrogen and oxygen atoms in total. The van der Waals surface area contributed by atoms with Gasteiger partial charge in [0.15, 0.2) is 5.69 Å². The molecule has 182 valence electrons. The summed E-state index contributed by atoms with van der Waals surface area (Å²) in [7, 11) is 0. The Balaban J connectivity index is 1.79. The second-order valence-electron chi connectivity index (χ2n) is 8.50. The Morgan fingerprint density at radius 1 is 1.14 bits per heavy atom. The van der Waals surface area contributed by atoms with E-state index in [4.69, 9.17) is 17.3 Å². The minimum atomic E-state index is -0.777. The lowest BCUT2D eigenvalue weighted by Gasteiger charge is -2.26. The topological polar surface area (TPSA) is 101 Å². The fourth-order valence-corrected chi connectivity index (χ4v) is 4.52. The second kappa shape index (κ2) is 10.7. The molecule has 0 fully saturated rings. The van der Waals surface area contributed by atoms with Crippen molar-refractivity contribution in [3.63, 3.8) is 0 Å². The van der Waals surface area contributed by atoms with Crippen LogP contribution in [0.2, 0.25) is 5.02 Å². The van der Waals surface area contributed by atoms with Gasteiger partial charge in [0, 0.05) is 6.54 Å². The van der Waals surface area contributed by atoms with Crippen LogP contribution in [0.15, 0.2) is 69.8 Å². The number of nitrogens with two attached hydrogens (primary N) is 1. The number of H-pyrrole nitrogens is 1. The summed E-state index contributed by atoms with van der Waals surface area (Å²) in [6.07, 6.45) is 6.75.